The quantitative estimate of drug-likeness (QED) is 0.694. The average Bonchev–Trinajstić information content (AvgIpc) is 2.75. The number of anilines is 1. The first-order valence-corrected chi connectivity index (χ1v) is 11.5. The molecule has 3 aliphatic rings. The number of amides is 1. The molecule has 1 aliphatic carbocycles. The van der Waals surface area contributed by atoms with Gasteiger partial charge in [-0.2, -0.15) is 0 Å². The van der Waals surface area contributed by atoms with E-state index in [1.807, 2.05) is 0 Å². The van der Waals surface area contributed by atoms with Crippen LogP contribution in [0, 0.1) is 5.41 Å². The van der Waals surface area contributed by atoms with Gasteiger partial charge in [-0.05, 0) is 69.9 Å². The van der Waals surface area contributed by atoms with E-state index in [9.17, 15) is 4.79 Å². The van der Waals surface area contributed by atoms with E-state index < -0.39 is 0 Å². The summed E-state index contributed by atoms with van der Waals surface area (Å²) in [4.78, 5) is 15.0. The second-order valence-electron chi connectivity index (χ2n) is 9.12. The van der Waals surface area contributed by atoms with Crippen LogP contribution in [0.2, 0.25) is 0 Å². The van der Waals surface area contributed by atoms with Crippen molar-refractivity contribution in [1.82, 2.24) is 10.2 Å². The lowest BCUT2D eigenvalue weighted by Gasteiger charge is -2.47. The van der Waals surface area contributed by atoms with Gasteiger partial charge in [0.25, 0.3) is 5.91 Å². The van der Waals surface area contributed by atoms with Crippen LogP contribution < -0.4 is 10.6 Å². The molecule has 1 fully saturated rings. The van der Waals surface area contributed by atoms with Crippen molar-refractivity contribution in [2.75, 3.05) is 18.4 Å². The van der Waals surface area contributed by atoms with E-state index in [-0.39, 0.29) is 11.3 Å². The molecule has 0 atom stereocenters. The highest BCUT2D eigenvalue weighted by Crippen LogP contribution is 2.47. The largest absolute Gasteiger partial charge is 0.359 e. The van der Waals surface area contributed by atoms with Crippen LogP contribution >= 0.6 is 0 Å². The second-order valence-corrected chi connectivity index (χ2v) is 9.12. The molecule has 4 nitrogen and oxygen atoms in total. The van der Waals surface area contributed by atoms with Gasteiger partial charge in [0.2, 0.25) is 0 Å². The molecule has 1 saturated heterocycles. The van der Waals surface area contributed by atoms with Crippen molar-refractivity contribution in [1.29, 1.82) is 0 Å². The van der Waals surface area contributed by atoms with Crippen molar-refractivity contribution >= 4 is 11.6 Å². The molecule has 2 heterocycles. The van der Waals surface area contributed by atoms with Gasteiger partial charge in [-0.1, -0.05) is 43.4 Å². The fourth-order valence-corrected chi connectivity index (χ4v) is 5.31. The van der Waals surface area contributed by atoms with Gasteiger partial charge >= 0.3 is 0 Å². The van der Waals surface area contributed by atoms with Crippen LogP contribution in [0.1, 0.15) is 64.4 Å². The summed E-state index contributed by atoms with van der Waals surface area (Å²) in [5.74, 6) is 0.809. The molecule has 0 aromatic heterocycles. The van der Waals surface area contributed by atoms with E-state index in [4.69, 9.17) is 0 Å². The van der Waals surface area contributed by atoms with Crippen LogP contribution in [0.3, 0.4) is 0 Å². The van der Waals surface area contributed by atoms with Gasteiger partial charge in [0.15, 0.2) is 0 Å². The number of para-hydroxylation sites is 1. The molecule has 0 unspecified atom stereocenters. The molecule has 2 N–H and O–H groups in total. The standard InChI is InChI=1S/C26H35N3O/c1-4-9-24-26(18-21-11-6-8-13-23(21)28-24)14-16-29(17-15-26)20(3)27-25(30)22-12-7-5-10-19(22)2/h6,8-9,11,13,28H,3-5,7,10,12,14-18H2,1-2H3,(H,27,30)/b24-9+. The van der Waals surface area contributed by atoms with E-state index in [0.717, 1.165) is 69.4 Å². The lowest BCUT2D eigenvalue weighted by atomic mass is 9.69. The zero-order chi connectivity index (χ0) is 21.1. The summed E-state index contributed by atoms with van der Waals surface area (Å²) in [6.45, 7) is 10.3. The maximum absolute atomic E-state index is 12.8. The summed E-state index contributed by atoms with van der Waals surface area (Å²) in [6.07, 6.45) is 10.9. The van der Waals surface area contributed by atoms with Gasteiger partial charge in [-0.3, -0.25) is 4.79 Å². The van der Waals surface area contributed by atoms with E-state index in [1.54, 1.807) is 0 Å². The van der Waals surface area contributed by atoms with Gasteiger partial charge in [0.1, 0.15) is 5.82 Å². The molecule has 0 radical (unpaired) electrons. The molecule has 4 heteroatoms. The van der Waals surface area contributed by atoms with E-state index in [0.29, 0.717) is 0 Å². The number of allylic oxidation sites excluding steroid dienone is 3. The Labute approximate surface area is 181 Å². The van der Waals surface area contributed by atoms with Crippen LogP contribution in [-0.2, 0) is 11.2 Å². The van der Waals surface area contributed by atoms with Crippen molar-refractivity contribution in [3.05, 3.63) is 65.1 Å². The molecule has 0 saturated carbocycles. The molecule has 0 bridgehead atoms. The molecule has 2 aliphatic heterocycles. The van der Waals surface area contributed by atoms with Crippen molar-refractivity contribution in [3.8, 4) is 0 Å². The molecule has 1 aromatic rings. The average molecular weight is 406 g/mol. The minimum absolute atomic E-state index is 0.0531. The fraction of sp³-hybridized carbons (Fsp3) is 0.500. The predicted octanol–water partition coefficient (Wildman–Crippen LogP) is 5.51. The van der Waals surface area contributed by atoms with Crippen LogP contribution in [0.15, 0.2) is 59.6 Å². The molecule has 160 valence electrons. The molecular weight excluding hydrogens is 370 g/mol. The van der Waals surface area contributed by atoms with Gasteiger partial charge in [-0.25, -0.2) is 0 Å². The van der Waals surface area contributed by atoms with Gasteiger partial charge < -0.3 is 15.5 Å². The minimum atomic E-state index is 0.0531. The topological polar surface area (TPSA) is 44.4 Å². The lowest BCUT2D eigenvalue weighted by Crippen LogP contribution is -2.47. The Hall–Kier alpha value is -2.49. The van der Waals surface area contributed by atoms with E-state index in [1.165, 1.54) is 28.9 Å². The maximum Gasteiger partial charge on any atom is 0.252 e. The zero-order valence-corrected chi connectivity index (χ0v) is 18.5. The van der Waals surface area contributed by atoms with Crippen LogP contribution in [-0.4, -0.2) is 23.9 Å². The molecule has 30 heavy (non-hydrogen) atoms. The van der Waals surface area contributed by atoms with Crippen LogP contribution in [0.4, 0.5) is 5.69 Å². The van der Waals surface area contributed by atoms with Crippen molar-refractivity contribution in [3.63, 3.8) is 0 Å². The van der Waals surface area contributed by atoms with E-state index in [2.05, 4.69) is 66.3 Å². The van der Waals surface area contributed by atoms with E-state index >= 15 is 0 Å². The molecular formula is C26H35N3O. The number of benzene rings is 1. The summed E-state index contributed by atoms with van der Waals surface area (Å²) >= 11 is 0. The normalized spacial score (nSPS) is 21.9. The predicted molar refractivity (Wildman–Crippen MR) is 124 cm³/mol. The summed E-state index contributed by atoms with van der Waals surface area (Å²) < 4.78 is 0. The summed E-state index contributed by atoms with van der Waals surface area (Å²) in [6, 6.07) is 8.67. The maximum atomic E-state index is 12.8. The third-order valence-electron chi connectivity index (χ3n) is 7.17. The smallest absolute Gasteiger partial charge is 0.252 e. The minimum Gasteiger partial charge on any atom is -0.359 e. The number of piperidine rings is 1. The number of likely N-dealkylation sites (tertiary alicyclic amines) is 1. The Morgan fingerprint density at radius 2 is 1.97 bits per heavy atom. The second kappa shape index (κ2) is 8.71. The first-order chi connectivity index (χ1) is 14.5. The number of fused-ring (bicyclic) bond motifs is 1. The number of hydrogen-bond acceptors (Lipinski definition) is 3. The number of carbonyl (C=O) groups excluding carboxylic acids is 1. The molecule has 1 spiro atoms. The summed E-state index contributed by atoms with van der Waals surface area (Å²) in [5.41, 5.74) is 6.40. The first kappa shape index (κ1) is 20.8. The molecule has 1 aromatic carbocycles. The number of nitrogens with one attached hydrogen (secondary N) is 2. The Balaban J connectivity index is 1.43. The fourth-order valence-electron chi connectivity index (χ4n) is 5.31. The first-order valence-electron chi connectivity index (χ1n) is 11.5. The van der Waals surface area contributed by atoms with Crippen LogP contribution in [0.25, 0.3) is 0 Å². The number of hydrogen-bond donors (Lipinski definition) is 2. The third-order valence-corrected chi connectivity index (χ3v) is 7.17. The van der Waals surface area contributed by atoms with Crippen LogP contribution in [0.5, 0.6) is 0 Å². The molecule has 1 amide bonds. The van der Waals surface area contributed by atoms with Crippen molar-refractivity contribution < 1.29 is 4.79 Å². The Bertz CT molecular complexity index is 887. The van der Waals surface area contributed by atoms with Gasteiger partial charge in [0, 0.05) is 35.5 Å². The highest BCUT2D eigenvalue weighted by molar-refractivity contribution is 5.95. The highest BCUT2D eigenvalue weighted by atomic mass is 16.1. The Morgan fingerprint density at radius 3 is 2.70 bits per heavy atom. The zero-order valence-electron chi connectivity index (χ0n) is 18.5. The number of nitrogens with zero attached hydrogens (tertiary/aromatic N) is 1. The Kier molecular flexibility index (Phi) is 6.03. The SMILES string of the molecule is C=C(NC(=O)C1=C(C)CCCC1)N1CCC2(CC1)Cc1ccccc1N/C2=C/CC. The molecule has 4 rings (SSSR count). The summed E-state index contributed by atoms with van der Waals surface area (Å²) in [5, 5.41) is 6.82. The van der Waals surface area contributed by atoms with Crippen molar-refractivity contribution in [2.45, 2.75) is 65.2 Å². The third kappa shape index (κ3) is 4.05. The summed E-state index contributed by atoms with van der Waals surface area (Å²) in [7, 11) is 0. The number of rotatable bonds is 4. The lowest BCUT2D eigenvalue weighted by molar-refractivity contribution is -0.117. The van der Waals surface area contributed by atoms with Gasteiger partial charge in [-0.15, -0.1) is 0 Å². The Morgan fingerprint density at radius 1 is 1.23 bits per heavy atom. The van der Waals surface area contributed by atoms with Crippen molar-refractivity contribution in [2.24, 2.45) is 5.41 Å². The van der Waals surface area contributed by atoms with Gasteiger partial charge in [0.05, 0.1) is 0 Å². The monoisotopic (exact) mass is 405 g/mol. The number of carbonyl (C=O) groups is 1. The highest BCUT2D eigenvalue weighted by Gasteiger charge is 2.41.